The zero-order valence-electron chi connectivity index (χ0n) is 10.3. The van der Waals surface area contributed by atoms with Crippen LogP contribution in [0.25, 0.3) is 11.3 Å². The third kappa shape index (κ3) is 2.04. The van der Waals surface area contributed by atoms with Crippen LogP contribution in [0.3, 0.4) is 0 Å². The first-order chi connectivity index (χ1) is 8.52. The van der Waals surface area contributed by atoms with Crippen LogP contribution in [0, 0.1) is 6.92 Å². The molecule has 0 bridgehead atoms. The first kappa shape index (κ1) is 12.1. The van der Waals surface area contributed by atoms with Gasteiger partial charge >= 0.3 is 5.97 Å². The van der Waals surface area contributed by atoms with Crippen molar-refractivity contribution in [2.75, 3.05) is 7.11 Å². The van der Waals surface area contributed by atoms with Crippen LogP contribution in [0.1, 0.15) is 16.1 Å². The van der Waals surface area contributed by atoms with E-state index >= 15 is 0 Å². The summed E-state index contributed by atoms with van der Waals surface area (Å²) >= 11 is 0. The van der Waals surface area contributed by atoms with E-state index in [1.165, 1.54) is 18.0 Å². The van der Waals surface area contributed by atoms with E-state index in [0.717, 1.165) is 0 Å². The zero-order valence-corrected chi connectivity index (χ0v) is 10.3. The maximum atomic E-state index is 11.5. The van der Waals surface area contributed by atoms with Gasteiger partial charge in [-0.3, -0.25) is 4.98 Å². The van der Waals surface area contributed by atoms with Crippen molar-refractivity contribution >= 4 is 5.97 Å². The Balaban J connectivity index is 2.55. The highest BCUT2D eigenvalue weighted by molar-refractivity contribution is 5.90. The number of aromatic hydroxyl groups is 1. The fourth-order valence-electron chi connectivity index (χ4n) is 1.65. The molecule has 0 spiro atoms. The lowest BCUT2D eigenvalue weighted by molar-refractivity contribution is 0.0600. The van der Waals surface area contributed by atoms with Gasteiger partial charge in [0.2, 0.25) is 5.88 Å². The first-order valence-electron chi connectivity index (χ1n) is 5.31. The number of hydrogen-bond acceptors (Lipinski definition) is 5. The number of hydrogen-bond donors (Lipinski definition) is 1. The number of ether oxygens (including phenoxy) is 1. The molecule has 0 aliphatic rings. The molecule has 6 nitrogen and oxygen atoms in total. The van der Waals surface area contributed by atoms with Crippen molar-refractivity contribution in [1.82, 2.24) is 14.8 Å². The van der Waals surface area contributed by atoms with Crippen molar-refractivity contribution in [2.45, 2.75) is 6.92 Å². The van der Waals surface area contributed by atoms with Gasteiger partial charge in [0.05, 0.1) is 30.1 Å². The molecule has 0 atom stereocenters. The molecule has 1 N–H and O–H groups in total. The Morgan fingerprint density at radius 1 is 1.44 bits per heavy atom. The average molecular weight is 247 g/mol. The third-order valence-electron chi connectivity index (χ3n) is 2.56. The molecule has 2 aromatic rings. The van der Waals surface area contributed by atoms with Crippen LogP contribution in [0.2, 0.25) is 0 Å². The van der Waals surface area contributed by atoms with Crippen molar-refractivity contribution in [2.24, 2.45) is 7.05 Å². The second kappa shape index (κ2) is 4.48. The van der Waals surface area contributed by atoms with Gasteiger partial charge in [-0.05, 0) is 19.1 Å². The Hall–Kier alpha value is -2.37. The molecule has 0 saturated carbocycles. The number of carbonyl (C=O) groups is 1. The van der Waals surface area contributed by atoms with E-state index < -0.39 is 5.97 Å². The fraction of sp³-hybridized carbons (Fsp3) is 0.250. The summed E-state index contributed by atoms with van der Waals surface area (Å²) in [6, 6.07) is 3.19. The van der Waals surface area contributed by atoms with Crippen molar-refractivity contribution in [1.29, 1.82) is 0 Å². The van der Waals surface area contributed by atoms with Crippen LogP contribution in [0.15, 0.2) is 18.3 Å². The predicted molar refractivity (Wildman–Crippen MR) is 64.2 cm³/mol. The molecule has 2 aromatic heterocycles. The Morgan fingerprint density at radius 2 is 2.17 bits per heavy atom. The van der Waals surface area contributed by atoms with E-state index in [1.54, 1.807) is 26.1 Å². The van der Waals surface area contributed by atoms with Crippen LogP contribution < -0.4 is 0 Å². The molecule has 2 rings (SSSR count). The molecule has 0 aliphatic heterocycles. The number of rotatable bonds is 2. The summed E-state index contributed by atoms with van der Waals surface area (Å²) in [6.07, 6.45) is 1.50. The van der Waals surface area contributed by atoms with Crippen LogP contribution in [-0.4, -0.2) is 33.0 Å². The van der Waals surface area contributed by atoms with Crippen molar-refractivity contribution in [3.63, 3.8) is 0 Å². The lowest BCUT2D eigenvalue weighted by atomic mass is 10.1. The zero-order chi connectivity index (χ0) is 13.3. The largest absolute Gasteiger partial charge is 0.493 e. The number of carbonyl (C=O) groups excluding carboxylic acids is 1. The second-order valence-corrected chi connectivity index (χ2v) is 3.88. The molecular formula is C12H13N3O3. The van der Waals surface area contributed by atoms with Crippen LogP contribution in [0.5, 0.6) is 5.88 Å². The molecule has 0 radical (unpaired) electrons. The molecule has 0 fully saturated rings. The minimum Gasteiger partial charge on any atom is -0.493 e. The maximum absolute atomic E-state index is 11.5. The normalized spacial score (nSPS) is 10.4. The monoisotopic (exact) mass is 247 g/mol. The van der Waals surface area contributed by atoms with Gasteiger partial charge in [0.1, 0.15) is 0 Å². The van der Waals surface area contributed by atoms with Crippen LogP contribution in [-0.2, 0) is 11.8 Å². The summed E-state index contributed by atoms with van der Waals surface area (Å²) in [5, 5.41) is 13.7. The number of esters is 1. The molecule has 6 heteroatoms. The number of pyridine rings is 1. The Labute approximate surface area is 104 Å². The average Bonchev–Trinajstić information content (AvgIpc) is 2.68. The summed E-state index contributed by atoms with van der Waals surface area (Å²) in [7, 11) is 2.94. The SMILES string of the molecule is COC(=O)c1cc(C)nc(-c2cnn(C)c2O)c1. The number of nitrogens with zero attached hydrogens (tertiary/aromatic N) is 3. The summed E-state index contributed by atoms with van der Waals surface area (Å²) in [4.78, 5) is 15.8. The summed E-state index contributed by atoms with van der Waals surface area (Å²) in [5.74, 6) is -0.436. The third-order valence-corrected chi connectivity index (χ3v) is 2.56. The topological polar surface area (TPSA) is 77.2 Å². The quantitative estimate of drug-likeness (QED) is 0.809. The molecule has 0 aromatic carbocycles. The predicted octanol–water partition coefficient (Wildman–Crippen LogP) is 1.28. The number of aryl methyl sites for hydroxylation is 2. The standard InChI is InChI=1S/C12H13N3O3/c1-7-4-8(12(17)18-3)5-10(14-7)9-6-13-15(2)11(9)16/h4-6,16H,1-3H3. The Morgan fingerprint density at radius 3 is 2.72 bits per heavy atom. The maximum Gasteiger partial charge on any atom is 0.337 e. The molecule has 0 aliphatic carbocycles. The van der Waals surface area contributed by atoms with Gasteiger partial charge in [-0.15, -0.1) is 0 Å². The van der Waals surface area contributed by atoms with Gasteiger partial charge in [-0.1, -0.05) is 0 Å². The van der Waals surface area contributed by atoms with Gasteiger partial charge in [0.25, 0.3) is 0 Å². The molecular weight excluding hydrogens is 234 g/mol. The highest BCUT2D eigenvalue weighted by Gasteiger charge is 2.14. The summed E-state index contributed by atoms with van der Waals surface area (Å²) in [5.41, 5.74) is 2.02. The van der Waals surface area contributed by atoms with Gasteiger partial charge in [-0.25, -0.2) is 9.48 Å². The molecule has 18 heavy (non-hydrogen) atoms. The van der Waals surface area contributed by atoms with E-state index in [1.807, 2.05) is 0 Å². The van der Waals surface area contributed by atoms with Crippen molar-refractivity contribution < 1.29 is 14.6 Å². The molecule has 0 amide bonds. The first-order valence-corrected chi connectivity index (χ1v) is 5.31. The van der Waals surface area contributed by atoms with Crippen molar-refractivity contribution in [3.05, 3.63) is 29.6 Å². The minimum absolute atomic E-state index is 0.00363. The number of methoxy groups -OCH3 is 1. The van der Waals surface area contributed by atoms with E-state index in [9.17, 15) is 9.90 Å². The van der Waals surface area contributed by atoms with Crippen molar-refractivity contribution in [3.8, 4) is 17.1 Å². The Kier molecular flexibility index (Phi) is 3.01. The van der Waals surface area contributed by atoms with E-state index in [2.05, 4.69) is 14.8 Å². The van der Waals surface area contributed by atoms with Crippen LogP contribution >= 0.6 is 0 Å². The molecule has 94 valence electrons. The summed E-state index contributed by atoms with van der Waals surface area (Å²) < 4.78 is 6.00. The van der Waals surface area contributed by atoms with E-state index in [4.69, 9.17) is 0 Å². The summed E-state index contributed by atoms with van der Waals surface area (Å²) in [6.45, 7) is 1.77. The molecule has 0 unspecified atom stereocenters. The van der Waals surface area contributed by atoms with Gasteiger partial charge in [0.15, 0.2) is 0 Å². The molecule has 0 saturated heterocycles. The Bertz CT molecular complexity index is 605. The van der Waals surface area contributed by atoms with E-state index in [0.29, 0.717) is 22.5 Å². The lowest BCUT2D eigenvalue weighted by Gasteiger charge is -2.04. The second-order valence-electron chi connectivity index (χ2n) is 3.88. The van der Waals surface area contributed by atoms with Gasteiger partial charge in [0, 0.05) is 12.7 Å². The van der Waals surface area contributed by atoms with Gasteiger partial charge < -0.3 is 9.84 Å². The van der Waals surface area contributed by atoms with E-state index in [-0.39, 0.29) is 5.88 Å². The van der Waals surface area contributed by atoms with Crippen LogP contribution in [0.4, 0.5) is 0 Å². The highest BCUT2D eigenvalue weighted by atomic mass is 16.5. The van der Waals surface area contributed by atoms with Gasteiger partial charge in [-0.2, -0.15) is 5.10 Å². The molecule has 2 heterocycles. The highest BCUT2D eigenvalue weighted by Crippen LogP contribution is 2.27. The smallest absolute Gasteiger partial charge is 0.337 e. The minimum atomic E-state index is -0.440. The fourth-order valence-corrected chi connectivity index (χ4v) is 1.65. The lowest BCUT2D eigenvalue weighted by Crippen LogP contribution is -2.03. The number of aromatic nitrogens is 3.